The molecular formula is C11H14FNO3. The Hall–Kier alpha value is -1.62. The fourth-order valence-electron chi connectivity index (χ4n) is 1.44. The lowest BCUT2D eigenvalue weighted by Crippen LogP contribution is -2.02. The second-order valence-electron chi connectivity index (χ2n) is 3.52. The van der Waals surface area contributed by atoms with Crippen molar-refractivity contribution in [2.24, 2.45) is 5.73 Å². The van der Waals surface area contributed by atoms with E-state index in [2.05, 4.69) is 0 Å². The molecule has 0 aliphatic carbocycles. The van der Waals surface area contributed by atoms with E-state index in [1.165, 1.54) is 6.07 Å². The van der Waals surface area contributed by atoms with E-state index < -0.39 is 23.1 Å². The molecular weight excluding hydrogens is 213 g/mol. The number of nitrogens with two attached hydrogens (primary N) is 1. The van der Waals surface area contributed by atoms with Crippen LogP contribution in [0.5, 0.6) is 5.75 Å². The largest absolute Gasteiger partial charge is 0.504 e. The summed E-state index contributed by atoms with van der Waals surface area (Å²) in [7, 11) is 0. The van der Waals surface area contributed by atoms with Gasteiger partial charge in [-0.05, 0) is 43.5 Å². The molecule has 0 fully saturated rings. The van der Waals surface area contributed by atoms with Crippen molar-refractivity contribution >= 4 is 5.97 Å². The fourth-order valence-corrected chi connectivity index (χ4v) is 1.44. The summed E-state index contributed by atoms with van der Waals surface area (Å²) in [5, 5.41) is 17.9. The van der Waals surface area contributed by atoms with Gasteiger partial charge >= 0.3 is 5.97 Å². The van der Waals surface area contributed by atoms with Crippen molar-refractivity contribution in [1.29, 1.82) is 0 Å². The topological polar surface area (TPSA) is 83.5 Å². The molecule has 0 unspecified atom stereocenters. The molecule has 0 aromatic heterocycles. The molecule has 0 spiro atoms. The van der Waals surface area contributed by atoms with Gasteiger partial charge in [-0.15, -0.1) is 0 Å². The second-order valence-corrected chi connectivity index (χ2v) is 3.52. The summed E-state index contributed by atoms with van der Waals surface area (Å²) < 4.78 is 13.2. The van der Waals surface area contributed by atoms with Crippen molar-refractivity contribution in [2.45, 2.75) is 19.3 Å². The number of carboxylic acids is 1. The molecule has 1 aromatic carbocycles. The van der Waals surface area contributed by atoms with Gasteiger partial charge in [-0.1, -0.05) is 0 Å². The number of aromatic carboxylic acids is 1. The summed E-state index contributed by atoms with van der Waals surface area (Å²) in [6.45, 7) is 0.548. The molecule has 4 N–H and O–H groups in total. The third kappa shape index (κ3) is 2.93. The first-order chi connectivity index (χ1) is 7.56. The van der Waals surface area contributed by atoms with E-state index in [9.17, 15) is 14.3 Å². The van der Waals surface area contributed by atoms with Gasteiger partial charge in [-0.2, -0.15) is 0 Å². The monoisotopic (exact) mass is 227 g/mol. The van der Waals surface area contributed by atoms with Crippen molar-refractivity contribution in [2.75, 3.05) is 6.54 Å². The van der Waals surface area contributed by atoms with Crippen LogP contribution in [-0.2, 0) is 6.42 Å². The van der Waals surface area contributed by atoms with E-state index in [1.807, 2.05) is 0 Å². The number of unbranched alkanes of at least 4 members (excludes halogenated alkanes) is 1. The highest BCUT2D eigenvalue weighted by atomic mass is 19.1. The highest BCUT2D eigenvalue weighted by Crippen LogP contribution is 2.24. The first-order valence-corrected chi connectivity index (χ1v) is 5.01. The molecule has 0 radical (unpaired) electrons. The Labute approximate surface area is 92.5 Å². The molecule has 0 heterocycles. The van der Waals surface area contributed by atoms with Crippen LogP contribution in [0.25, 0.3) is 0 Å². The lowest BCUT2D eigenvalue weighted by molar-refractivity contribution is 0.0692. The van der Waals surface area contributed by atoms with E-state index in [1.54, 1.807) is 0 Å². The van der Waals surface area contributed by atoms with Crippen LogP contribution < -0.4 is 5.73 Å². The molecule has 16 heavy (non-hydrogen) atoms. The van der Waals surface area contributed by atoms with Crippen molar-refractivity contribution in [1.82, 2.24) is 0 Å². The van der Waals surface area contributed by atoms with E-state index in [0.717, 1.165) is 18.9 Å². The van der Waals surface area contributed by atoms with Gasteiger partial charge in [0.05, 0.1) is 0 Å². The number of halogens is 1. The van der Waals surface area contributed by atoms with Crippen LogP contribution in [0.1, 0.15) is 28.8 Å². The Kier molecular flexibility index (Phi) is 4.25. The first kappa shape index (κ1) is 12.4. The Bertz CT molecular complexity index is 393. The van der Waals surface area contributed by atoms with Crippen molar-refractivity contribution in [3.8, 4) is 5.75 Å². The van der Waals surface area contributed by atoms with Crippen LogP contribution in [0.15, 0.2) is 12.1 Å². The number of phenols is 1. The molecule has 0 aliphatic heterocycles. The van der Waals surface area contributed by atoms with Gasteiger partial charge < -0.3 is 15.9 Å². The predicted octanol–water partition coefficient (Wildman–Crippen LogP) is 1.51. The molecule has 0 aliphatic rings. The molecule has 1 aromatic rings. The Morgan fingerprint density at radius 1 is 1.38 bits per heavy atom. The van der Waals surface area contributed by atoms with Gasteiger partial charge in [0.2, 0.25) is 0 Å². The summed E-state index contributed by atoms with van der Waals surface area (Å²) in [5.41, 5.74) is 5.47. The number of carboxylic acid groups (broad SMARTS) is 1. The van der Waals surface area contributed by atoms with Crippen LogP contribution in [0.3, 0.4) is 0 Å². The lowest BCUT2D eigenvalue weighted by Gasteiger charge is -2.05. The standard InChI is InChI=1S/C11H14FNO3/c12-9-6-7(3-1-2-4-13)5-8(10(9)14)11(15)16/h5-6,14H,1-4,13H2,(H,15,16). The zero-order valence-electron chi connectivity index (χ0n) is 8.74. The van der Waals surface area contributed by atoms with Gasteiger partial charge in [0.15, 0.2) is 11.6 Å². The van der Waals surface area contributed by atoms with Crippen molar-refractivity contribution < 1.29 is 19.4 Å². The minimum Gasteiger partial charge on any atom is -0.504 e. The van der Waals surface area contributed by atoms with Gasteiger partial charge in [-0.25, -0.2) is 9.18 Å². The summed E-state index contributed by atoms with van der Waals surface area (Å²) >= 11 is 0. The summed E-state index contributed by atoms with van der Waals surface area (Å²) in [5.74, 6) is -3.05. The highest BCUT2D eigenvalue weighted by molar-refractivity contribution is 5.91. The average molecular weight is 227 g/mol. The van der Waals surface area contributed by atoms with Gasteiger partial charge in [0, 0.05) is 0 Å². The molecule has 0 saturated carbocycles. The van der Waals surface area contributed by atoms with Crippen molar-refractivity contribution in [3.63, 3.8) is 0 Å². The zero-order chi connectivity index (χ0) is 12.1. The maximum atomic E-state index is 13.2. The lowest BCUT2D eigenvalue weighted by atomic mass is 10.0. The molecule has 0 bridgehead atoms. The van der Waals surface area contributed by atoms with E-state index in [0.29, 0.717) is 18.5 Å². The summed E-state index contributed by atoms with van der Waals surface area (Å²) in [4.78, 5) is 10.7. The number of benzene rings is 1. The Balaban J connectivity index is 2.91. The number of rotatable bonds is 5. The molecule has 88 valence electrons. The number of hydrogen-bond donors (Lipinski definition) is 3. The van der Waals surface area contributed by atoms with Gasteiger partial charge in [-0.3, -0.25) is 0 Å². The zero-order valence-corrected chi connectivity index (χ0v) is 8.74. The molecule has 0 atom stereocenters. The third-order valence-electron chi connectivity index (χ3n) is 2.27. The van der Waals surface area contributed by atoms with E-state index >= 15 is 0 Å². The molecule has 0 saturated heterocycles. The minimum atomic E-state index is -1.34. The first-order valence-electron chi connectivity index (χ1n) is 5.01. The van der Waals surface area contributed by atoms with Crippen LogP contribution >= 0.6 is 0 Å². The fraction of sp³-hybridized carbons (Fsp3) is 0.364. The quantitative estimate of drug-likeness (QED) is 0.666. The maximum absolute atomic E-state index is 13.2. The average Bonchev–Trinajstić information content (AvgIpc) is 2.23. The Morgan fingerprint density at radius 3 is 2.62 bits per heavy atom. The maximum Gasteiger partial charge on any atom is 0.339 e. The SMILES string of the molecule is NCCCCc1cc(F)c(O)c(C(=O)O)c1. The molecule has 0 amide bonds. The van der Waals surface area contributed by atoms with Crippen LogP contribution in [0.4, 0.5) is 4.39 Å². The number of carbonyl (C=O) groups is 1. The Morgan fingerprint density at radius 2 is 2.06 bits per heavy atom. The van der Waals surface area contributed by atoms with E-state index in [4.69, 9.17) is 10.8 Å². The second kappa shape index (κ2) is 5.46. The molecule has 4 nitrogen and oxygen atoms in total. The van der Waals surface area contributed by atoms with Crippen LogP contribution in [-0.4, -0.2) is 22.7 Å². The molecule has 5 heteroatoms. The van der Waals surface area contributed by atoms with Gasteiger partial charge in [0.1, 0.15) is 5.56 Å². The summed E-state index contributed by atoms with van der Waals surface area (Å²) in [6, 6.07) is 2.44. The smallest absolute Gasteiger partial charge is 0.339 e. The number of aromatic hydroxyl groups is 1. The van der Waals surface area contributed by atoms with Crippen LogP contribution in [0.2, 0.25) is 0 Å². The third-order valence-corrected chi connectivity index (χ3v) is 2.27. The van der Waals surface area contributed by atoms with Crippen molar-refractivity contribution in [3.05, 3.63) is 29.1 Å². The predicted molar refractivity (Wildman–Crippen MR) is 57.0 cm³/mol. The minimum absolute atomic E-state index is 0.400. The van der Waals surface area contributed by atoms with Gasteiger partial charge in [0.25, 0.3) is 0 Å². The van der Waals surface area contributed by atoms with Crippen LogP contribution in [0, 0.1) is 5.82 Å². The molecule has 1 rings (SSSR count). The summed E-state index contributed by atoms with van der Waals surface area (Å²) in [6.07, 6.45) is 2.11. The highest BCUT2D eigenvalue weighted by Gasteiger charge is 2.15. The number of hydrogen-bond acceptors (Lipinski definition) is 3. The number of aryl methyl sites for hydroxylation is 1. The van der Waals surface area contributed by atoms with E-state index in [-0.39, 0.29) is 0 Å². The normalized spacial score (nSPS) is 10.4.